The van der Waals surface area contributed by atoms with Crippen molar-refractivity contribution in [3.63, 3.8) is 0 Å². The van der Waals surface area contributed by atoms with Gasteiger partial charge in [-0.1, -0.05) is 20.8 Å². The Bertz CT molecular complexity index is 559. The van der Waals surface area contributed by atoms with Crippen molar-refractivity contribution >= 4 is 5.82 Å². The standard InChI is InChI=1S/C15H23N5/c1-5-6-16-13-10-12(9-11(2)3)18-14(19-13)15-17-7-8-20(15)4/h7-8,10-11H,5-6,9H2,1-4H3,(H,16,18,19). The Labute approximate surface area is 120 Å². The second-order valence-electron chi connectivity index (χ2n) is 5.45. The molecule has 0 saturated carbocycles. The van der Waals surface area contributed by atoms with Gasteiger partial charge < -0.3 is 9.88 Å². The predicted molar refractivity (Wildman–Crippen MR) is 81.6 cm³/mol. The van der Waals surface area contributed by atoms with E-state index in [1.807, 2.05) is 23.9 Å². The molecule has 0 atom stereocenters. The summed E-state index contributed by atoms with van der Waals surface area (Å²) >= 11 is 0. The second-order valence-corrected chi connectivity index (χ2v) is 5.45. The smallest absolute Gasteiger partial charge is 0.198 e. The first-order chi connectivity index (χ1) is 9.60. The summed E-state index contributed by atoms with van der Waals surface area (Å²) in [6.07, 6.45) is 5.70. The Hall–Kier alpha value is -1.91. The van der Waals surface area contributed by atoms with E-state index in [4.69, 9.17) is 0 Å². The van der Waals surface area contributed by atoms with Gasteiger partial charge in [0.1, 0.15) is 5.82 Å². The van der Waals surface area contributed by atoms with Crippen LogP contribution < -0.4 is 5.32 Å². The summed E-state index contributed by atoms with van der Waals surface area (Å²) in [5.74, 6) is 2.94. The van der Waals surface area contributed by atoms with Gasteiger partial charge in [0.25, 0.3) is 0 Å². The van der Waals surface area contributed by atoms with Crippen LogP contribution in [0.5, 0.6) is 0 Å². The zero-order chi connectivity index (χ0) is 14.5. The van der Waals surface area contributed by atoms with Crippen molar-refractivity contribution in [3.8, 4) is 11.6 Å². The number of anilines is 1. The average Bonchev–Trinajstić information content (AvgIpc) is 2.81. The summed E-state index contributed by atoms with van der Waals surface area (Å²) in [6.45, 7) is 7.45. The monoisotopic (exact) mass is 273 g/mol. The molecule has 0 spiro atoms. The number of rotatable bonds is 6. The third-order valence-electron chi connectivity index (χ3n) is 2.97. The van der Waals surface area contributed by atoms with E-state index in [0.29, 0.717) is 11.7 Å². The van der Waals surface area contributed by atoms with Gasteiger partial charge in [-0.25, -0.2) is 15.0 Å². The minimum atomic E-state index is 0.568. The molecule has 20 heavy (non-hydrogen) atoms. The van der Waals surface area contributed by atoms with Gasteiger partial charge in [0.05, 0.1) is 0 Å². The van der Waals surface area contributed by atoms with Crippen molar-refractivity contribution in [2.45, 2.75) is 33.6 Å². The summed E-state index contributed by atoms with van der Waals surface area (Å²) in [5.41, 5.74) is 1.06. The molecule has 0 bridgehead atoms. The first-order valence-electron chi connectivity index (χ1n) is 7.19. The molecule has 1 N–H and O–H groups in total. The van der Waals surface area contributed by atoms with Crippen LogP contribution in [0.2, 0.25) is 0 Å². The minimum Gasteiger partial charge on any atom is -0.370 e. The normalized spacial score (nSPS) is 11.1. The van der Waals surface area contributed by atoms with Crippen LogP contribution in [0.15, 0.2) is 18.5 Å². The van der Waals surface area contributed by atoms with Crippen LogP contribution in [0, 0.1) is 5.92 Å². The fraction of sp³-hybridized carbons (Fsp3) is 0.533. The molecule has 2 aromatic rings. The number of aromatic nitrogens is 4. The van der Waals surface area contributed by atoms with Gasteiger partial charge in [-0.2, -0.15) is 0 Å². The molecule has 2 heterocycles. The highest BCUT2D eigenvalue weighted by atomic mass is 15.1. The molecule has 0 aliphatic rings. The summed E-state index contributed by atoms with van der Waals surface area (Å²) in [6, 6.07) is 2.04. The van der Waals surface area contributed by atoms with Crippen LogP contribution in [-0.4, -0.2) is 26.1 Å². The van der Waals surface area contributed by atoms with E-state index in [1.165, 1.54) is 0 Å². The van der Waals surface area contributed by atoms with Gasteiger partial charge in [0, 0.05) is 37.7 Å². The molecule has 0 unspecified atom stereocenters. The zero-order valence-corrected chi connectivity index (χ0v) is 12.7. The Morgan fingerprint density at radius 2 is 2.10 bits per heavy atom. The number of aryl methyl sites for hydroxylation is 1. The zero-order valence-electron chi connectivity index (χ0n) is 12.7. The van der Waals surface area contributed by atoms with Crippen LogP contribution in [-0.2, 0) is 13.5 Å². The van der Waals surface area contributed by atoms with Crippen LogP contribution in [0.1, 0.15) is 32.9 Å². The van der Waals surface area contributed by atoms with Gasteiger partial charge in [0.15, 0.2) is 11.6 Å². The van der Waals surface area contributed by atoms with Crippen molar-refractivity contribution in [2.24, 2.45) is 13.0 Å². The molecule has 2 aromatic heterocycles. The molecule has 108 valence electrons. The summed E-state index contributed by atoms with van der Waals surface area (Å²) in [5, 5.41) is 3.34. The Morgan fingerprint density at radius 1 is 1.30 bits per heavy atom. The topological polar surface area (TPSA) is 55.6 Å². The third kappa shape index (κ3) is 3.56. The maximum Gasteiger partial charge on any atom is 0.198 e. The van der Waals surface area contributed by atoms with Crippen molar-refractivity contribution in [1.82, 2.24) is 19.5 Å². The molecule has 0 aliphatic carbocycles. The van der Waals surface area contributed by atoms with Gasteiger partial charge >= 0.3 is 0 Å². The molecule has 5 nitrogen and oxygen atoms in total. The van der Waals surface area contributed by atoms with Crippen LogP contribution in [0.3, 0.4) is 0 Å². The lowest BCUT2D eigenvalue weighted by Crippen LogP contribution is -2.08. The lowest BCUT2D eigenvalue weighted by molar-refractivity contribution is 0.634. The van der Waals surface area contributed by atoms with Crippen molar-refractivity contribution < 1.29 is 0 Å². The molecular formula is C15H23N5. The molecule has 0 aliphatic heterocycles. The van der Waals surface area contributed by atoms with Crippen LogP contribution in [0.4, 0.5) is 5.82 Å². The van der Waals surface area contributed by atoms with Crippen molar-refractivity contribution in [1.29, 1.82) is 0 Å². The Morgan fingerprint density at radius 3 is 2.70 bits per heavy atom. The first-order valence-corrected chi connectivity index (χ1v) is 7.19. The van der Waals surface area contributed by atoms with E-state index in [0.717, 1.165) is 36.7 Å². The molecule has 0 aromatic carbocycles. The SMILES string of the molecule is CCCNc1cc(CC(C)C)nc(-c2nccn2C)n1. The van der Waals surface area contributed by atoms with E-state index in [9.17, 15) is 0 Å². The van der Waals surface area contributed by atoms with Crippen molar-refractivity contribution in [2.75, 3.05) is 11.9 Å². The van der Waals surface area contributed by atoms with Gasteiger partial charge in [-0.05, 0) is 18.8 Å². The van der Waals surface area contributed by atoms with E-state index >= 15 is 0 Å². The highest BCUT2D eigenvalue weighted by molar-refractivity contribution is 5.50. The van der Waals surface area contributed by atoms with Crippen LogP contribution in [0.25, 0.3) is 11.6 Å². The highest BCUT2D eigenvalue weighted by Gasteiger charge is 2.11. The fourth-order valence-electron chi connectivity index (χ4n) is 2.05. The van der Waals surface area contributed by atoms with Gasteiger partial charge in [0.2, 0.25) is 0 Å². The number of nitrogens with zero attached hydrogens (tertiary/aromatic N) is 4. The molecule has 2 rings (SSSR count). The van der Waals surface area contributed by atoms with E-state index in [2.05, 4.69) is 41.0 Å². The molecule has 0 fully saturated rings. The van der Waals surface area contributed by atoms with Crippen LogP contribution >= 0.6 is 0 Å². The minimum absolute atomic E-state index is 0.568. The highest BCUT2D eigenvalue weighted by Crippen LogP contribution is 2.17. The molecular weight excluding hydrogens is 250 g/mol. The average molecular weight is 273 g/mol. The maximum atomic E-state index is 4.65. The quantitative estimate of drug-likeness (QED) is 0.879. The third-order valence-corrected chi connectivity index (χ3v) is 2.97. The largest absolute Gasteiger partial charge is 0.370 e. The van der Waals surface area contributed by atoms with E-state index in [1.54, 1.807) is 6.20 Å². The van der Waals surface area contributed by atoms with Gasteiger partial charge in [-0.3, -0.25) is 0 Å². The summed E-state index contributed by atoms with van der Waals surface area (Å²) in [7, 11) is 1.96. The van der Waals surface area contributed by atoms with E-state index < -0.39 is 0 Å². The van der Waals surface area contributed by atoms with Gasteiger partial charge in [-0.15, -0.1) is 0 Å². The first kappa shape index (κ1) is 14.5. The number of nitrogens with one attached hydrogen (secondary N) is 1. The molecule has 0 amide bonds. The Balaban J connectivity index is 2.37. The lowest BCUT2D eigenvalue weighted by Gasteiger charge is -2.10. The van der Waals surface area contributed by atoms with E-state index in [-0.39, 0.29) is 0 Å². The predicted octanol–water partition coefficient (Wildman–Crippen LogP) is 2.90. The number of imidazole rings is 1. The molecule has 5 heteroatoms. The maximum absolute atomic E-state index is 4.65. The summed E-state index contributed by atoms with van der Waals surface area (Å²) in [4.78, 5) is 13.6. The number of hydrogen-bond acceptors (Lipinski definition) is 4. The summed E-state index contributed by atoms with van der Waals surface area (Å²) < 4.78 is 1.94. The second kappa shape index (κ2) is 6.50. The molecule has 0 saturated heterocycles. The molecule has 0 radical (unpaired) electrons. The fourth-order valence-corrected chi connectivity index (χ4v) is 2.05. The lowest BCUT2D eigenvalue weighted by atomic mass is 10.1. The van der Waals surface area contributed by atoms with Crippen molar-refractivity contribution in [3.05, 3.63) is 24.2 Å². The Kier molecular flexibility index (Phi) is 4.71. The number of hydrogen-bond donors (Lipinski definition) is 1.